The molecule has 0 radical (unpaired) electrons. The zero-order valence-corrected chi connectivity index (χ0v) is 11.5. The van der Waals surface area contributed by atoms with E-state index in [1.807, 2.05) is 0 Å². The smallest absolute Gasteiger partial charge is 0.272 e. The van der Waals surface area contributed by atoms with E-state index >= 15 is 0 Å². The lowest BCUT2D eigenvalue weighted by atomic mass is 9.89. The number of ether oxygens (including phenoxy) is 1. The summed E-state index contributed by atoms with van der Waals surface area (Å²) in [5, 5.41) is 58.9. The van der Waals surface area contributed by atoms with Crippen LogP contribution in [0, 0.1) is 0 Å². The highest BCUT2D eigenvalue weighted by Crippen LogP contribution is 2.47. The number of hydrogen-bond acceptors (Lipinski definition) is 8. The van der Waals surface area contributed by atoms with E-state index in [0.717, 1.165) is 12.1 Å². The molecular weight excluding hydrogens is 308 g/mol. The van der Waals surface area contributed by atoms with Crippen molar-refractivity contribution in [2.45, 2.75) is 11.9 Å². The molecule has 2 aromatic rings. The van der Waals surface area contributed by atoms with Crippen molar-refractivity contribution in [3.05, 3.63) is 41.5 Å². The van der Waals surface area contributed by atoms with Crippen molar-refractivity contribution in [3.8, 4) is 28.7 Å². The van der Waals surface area contributed by atoms with Gasteiger partial charge in [-0.3, -0.25) is 4.79 Å². The molecule has 8 nitrogen and oxygen atoms in total. The summed E-state index contributed by atoms with van der Waals surface area (Å²) in [6.45, 7) is 0. The van der Waals surface area contributed by atoms with Crippen LogP contribution in [-0.4, -0.2) is 42.2 Å². The molecule has 1 atom stereocenters. The van der Waals surface area contributed by atoms with Crippen LogP contribution in [0.25, 0.3) is 0 Å². The van der Waals surface area contributed by atoms with Crippen LogP contribution in [0.15, 0.2) is 30.3 Å². The first-order valence-corrected chi connectivity index (χ1v) is 6.46. The molecule has 0 saturated carbocycles. The van der Waals surface area contributed by atoms with Crippen LogP contribution in [0.5, 0.6) is 28.7 Å². The maximum atomic E-state index is 12.3. The number of rotatable bonds is 1. The molecular formula is C15H12O8. The molecule has 6 N–H and O–H groups in total. The predicted octanol–water partition coefficient (Wildman–Crippen LogP) is 0.506. The highest BCUT2D eigenvalue weighted by molar-refractivity contribution is 6.05. The summed E-state index contributed by atoms with van der Waals surface area (Å²) in [7, 11) is 0. The third kappa shape index (κ3) is 2.12. The largest absolute Gasteiger partial charge is 0.507 e. The molecule has 2 aromatic carbocycles. The average Bonchev–Trinajstić information content (AvgIpc) is 2.47. The van der Waals surface area contributed by atoms with Crippen LogP contribution < -0.4 is 4.74 Å². The molecule has 0 fully saturated rings. The van der Waals surface area contributed by atoms with Crippen LogP contribution in [-0.2, 0) is 0 Å². The van der Waals surface area contributed by atoms with E-state index in [1.54, 1.807) is 0 Å². The third-order valence-electron chi connectivity index (χ3n) is 3.59. The van der Waals surface area contributed by atoms with Crippen LogP contribution in [0.1, 0.15) is 22.0 Å². The molecule has 0 aromatic heterocycles. The molecule has 1 aliphatic rings. The number of hydrogen-bond donors (Lipinski definition) is 6. The molecule has 23 heavy (non-hydrogen) atoms. The average molecular weight is 320 g/mol. The second-order valence-corrected chi connectivity index (χ2v) is 5.10. The van der Waals surface area contributed by atoms with E-state index in [-0.39, 0.29) is 11.3 Å². The number of benzene rings is 2. The summed E-state index contributed by atoms with van der Waals surface area (Å²) >= 11 is 0. The van der Waals surface area contributed by atoms with Crippen molar-refractivity contribution in [1.29, 1.82) is 0 Å². The second kappa shape index (κ2) is 4.77. The highest BCUT2D eigenvalue weighted by Gasteiger charge is 2.52. The van der Waals surface area contributed by atoms with Gasteiger partial charge in [0.2, 0.25) is 5.78 Å². The van der Waals surface area contributed by atoms with Crippen molar-refractivity contribution in [2.75, 3.05) is 0 Å². The number of carbonyl (C=O) groups excluding carboxylic acids is 1. The van der Waals surface area contributed by atoms with Gasteiger partial charge in [0.25, 0.3) is 5.79 Å². The van der Waals surface area contributed by atoms with Gasteiger partial charge < -0.3 is 35.4 Å². The maximum absolute atomic E-state index is 12.3. The molecule has 1 heterocycles. The van der Waals surface area contributed by atoms with Gasteiger partial charge in [0.1, 0.15) is 17.2 Å². The van der Waals surface area contributed by atoms with Crippen molar-refractivity contribution in [3.63, 3.8) is 0 Å². The normalized spacial score (nSPS) is 19.0. The minimum atomic E-state index is -3.10. The van der Waals surface area contributed by atoms with Gasteiger partial charge in [-0.2, -0.15) is 0 Å². The lowest BCUT2D eigenvalue weighted by molar-refractivity contribution is -0.187. The van der Waals surface area contributed by atoms with Crippen molar-refractivity contribution < 1.29 is 40.2 Å². The van der Waals surface area contributed by atoms with E-state index in [2.05, 4.69) is 0 Å². The first kappa shape index (κ1) is 14.9. The SMILES string of the molecule is O=C1c2cc(O)c(O)cc2OC(c2c(O)cccc2O)C1(O)O. The number of aromatic hydroxyl groups is 4. The van der Waals surface area contributed by atoms with Crippen LogP contribution in [0.2, 0.25) is 0 Å². The monoisotopic (exact) mass is 320 g/mol. The zero-order valence-electron chi connectivity index (χ0n) is 11.5. The summed E-state index contributed by atoms with van der Waals surface area (Å²) in [5.41, 5.74) is -0.763. The number of carbonyl (C=O) groups is 1. The Morgan fingerprint density at radius 2 is 1.48 bits per heavy atom. The highest BCUT2D eigenvalue weighted by atomic mass is 16.6. The number of Topliss-reactive ketones (excluding diaryl/α,β-unsaturated/α-hetero) is 1. The third-order valence-corrected chi connectivity index (χ3v) is 3.59. The number of phenolic OH excluding ortho intramolecular Hbond substituents is 4. The fraction of sp³-hybridized carbons (Fsp3) is 0.133. The maximum Gasteiger partial charge on any atom is 0.272 e. The van der Waals surface area contributed by atoms with E-state index < -0.39 is 46.2 Å². The molecule has 0 saturated heterocycles. The van der Waals surface area contributed by atoms with Gasteiger partial charge >= 0.3 is 0 Å². The summed E-state index contributed by atoms with van der Waals surface area (Å²) in [5.74, 6) is -6.81. The van der Waals surface area contributed by atoms with Crippen LogP contribution >= 0.6 is 0 Å². The van der Waals surface area contributed by atoms with Crippen molar-refractivity contribution >= 4 is 5.78 Å². The van der Waals surface area contributed by atoms with Gasteiger partial charge in [-0.1, -0.05) is 6.07 Å². The van der Waals surface area contributed by atoms with Gasteiger partial charge in [-0.15, -0.1) is 0 Å². The molecule has 0 amide bonds. The molecule has 0 bridgehead atoms. The number of fused-ring (bicyclic) bond motifs is 1. The Morgan fingerprint density at radius 1 is 0.913 bits per heavy atom. The summed E-state index contributed by atoms with van der Waals surface area (Å²) < 4.78 is 5.29. The quantitative estimate of drug-likeness (QED) is 0.329. The van der Waals surface area contributed by atoms with Crippen LogP contribution in [0.4, 0.5) is 0 Å². The molecule has 8 heteroatoms. The summed E-state index contributed by atoms with van der Waals surface area (Å²) in [6, 6.07) is 5.40. The molecule has 3 rings (SSSR count). The van der Waals surface area contributed by atoms with Crippen molar-refractivity contribution in [1.82, 2.24) is 0 Å². The molecule has 1 unspecified atom stereocenters. The minimum Gasteiger partial charge on any atom is -0.507 e. The van der Waals surface area contributed by atoms with E-state index in [4.69, 9.17) is 4.74 Å². The summed E-state index contributed by atoms with van der Waals surface area (Å²) in [4.78, 5) is 12.3. The topological polar surface area (TPSA) is 148 Å². The minimum absolute atomic E-state index is 0.239. The Kier molecular flexibility index (Phi) is 3.10. The fourth-order valence-corrected chi connectivity index (χ4v) is 2.43. The standard InChI is InChI=1S/C15H12O8/c16-7-2-1-3-8(17)12(7)14-15(21,22)13(20)6-4-9(18)10(19)5-11(6)23-14/h1-5,14,16-19,21-22H. The van der Waals surface area contributed by atoms with Gasteiger partial charge in [0.15, 0.2) is 17.6 Å². The van der Waals surface area contributed by atoms with E-state index in [0.29, 0.717) is 0 Å². The Balaban J connectivity index is 2.20. The first-order valence-electron chi connectivity index (χ1n) is 6.46. The van der Waals surface area contributed by atoms with Gasteiger partial charge in [0, 0.05) is 6.07 Å². The van der Waals surface area contributed by atoms with Crippen LogP contribution in [0.3, 0.4) is 0 Å². The molecule has 0 aliphatic carbocycles. The Bertz CT molecular complexity index is 791. The molecule has 0 spiro atoms. The van der Waals surface area contributed by atoms with E-state index in [1.165, 1.54) is 18.2 Å². The number of aliphatic hydroxyl groups is 2. The molecule has 120 valence electrons. The van der Waals surface area contributed by atoms with Gasteiger partial charge in [0.05, 0.1) is 11.1 Å². The predicted molar refractivity (Wildman–Crippen MR) is 74.4 cm³/mol. The van der Waals surface area contributed by atoms with Crippen molar-refractivity contribution in [2.24, 2.45) is 0 Å². The fourth-order valence-electron chi connectivity index (χ4n) is 2.43. The number of ketones is 1. The lowest BCUT2D eigenvalue weighted by Crippen LogP contribution is -2.49. The molecule has 1 aliphatic heterocycles. The summed E-state index contributed by atoms with van der Waals surface area (Å²) in [6.07, 6.45) is -1.84. The lowest BCUT2D eigenvalue weighted by Gasteiger charge is -2.35. The Labute approximate surface area is 129 Å². The Hall–Kier alpha value is -2.97. The van der Waals surface area contributed by atoms with Gasteiger partial charge in [-0.25, -0.2) is 0 Å². The van der Waals surface area contributed by atoms with E-state index in [9.17, 15) is 35.4 Å². The van der Waals surface area contributed by atoms with Gasteiger partial charge in [-0.05, 0) is 18.2 Å². The number of phenols is 4. The zero-order chi connectivity index (χ0) is 16.9. The first-order chi connectivity index (χ1) is 10.7. The second-order valence-electron chi connectivity index (χ2n) is 5.10. The Morgan fingerprint density at radius 3 is 2.09 bits per heavy atom.